The molecule has 0 unspecified atom stereocenters. The second kappa shape index (κ2) is 10.2. The Morgan fingerprint density at radius 3 is 2.36 bits per heavy atom. The van der Waals surface area contributed by atoms with Gasteiger partial charge in [0, 0.05) is 50.8 Å². The SMILES string of the molecule is C[C@@](O)(c1ccc(N2CCN(S(=O)(=O)c3ccc(N)nc3)C[C@@H]2CC2CCOCC2)cc1)C(F)(F)F. The molecule has 0 radical (unpaired) electrons. The van der Waals surface area contributed by atoms with Crippen molar-refractivity contribution >= 4 is 21.5 Å². The summed E-state index contributed by atoms with van der Waals surface area (Å²) in [7, 11) is -3.79. The summed E-state index contributed by atoms with van der Waals surface area (Å²) < 4.78 is 73.3. The monoisotopic (exact) mass is 528 g/mol. The zero-order valence-corrected chi connectivity index (χ0v) is 20.8. The summed E-state index contributed by atoms with van der Waals surface area (Å²) in [5.41, 5.74) is 3.07. The van der Waals surface area contributed by atoms with E-state index in [1.54, 1.807) is 12.1 Å². The Labute approximate surface area is 208 Å². The molecular formula is C24H31F3N4O4S. The van der Waals surface area contributed by atoms with Crippen LogP contribution in [0.5, 0.6) is 0 Å². The lowest BCUT2D eigenvalue weighted by molar-refractivity contribution is -0.258. The molecule has 4 rings (SSSR count). The van der Waals surface area contributed by atoms with Gasteiger partial charge >= 0.3 is 6.18 Å². The van der Waals surface area contributed by atoms with Crippen molar-refractivity contribution in [2.24, 2.45) is 5.92 Å². The molecule has 2 saturated heterocycles. The van der Waals surface area contributed by atoms with Crippen LogP contribution in [-0.2, 0) is 20.4 Å². The predicted molar refractivity (Wildman–Crippen MR) is 129 cm³/mol. The first-order valence-electron chi connectivity index (χ1n) is 11.9. The summed E-state index contributed by atoms with van der Waals surface area (Å²) in [6, 6.07) is 8.35. The third-order valence-electron chi connectivity index (χ3n) is 7.10. The van der Waals surface area contributed by atoms with Gasteiger partial charge in [0.25, 0.3) is 0 Å². The van der Waals surface area contributed by atoms with Crippen LogP contribution in [-0.4, -0.2) is 67.9 Å². The highest BCUT2D eigenvalue weighted by molar-refractivity contribution is 7.89. The van der Waals surface area contributed by atoms with Crippen LogP contribution in [0.2, 0.25) is 0 Å². The third kappa shape index (κ3) is 5.46. The van der Waals surface area contributed by atoms with Gasteiger partial charge in [0.1, 0.15) is 10.7 Å². The molecule has 0 bridgehead atoms. The van der Waals surface area contributed by atoms with Crippen LogP contribution in [0.25, 0.3) is 0 Å². The van der Waals surface area contributed by atoms with Crippen LogP contribution in [0.1, 0.15) is 31.7 Å². The molecule has 1 aromatic carbocycles. The number of hydrogen-bond donors (Lipinski definition) is 2. The van der Waals surface area contributed by atoms with Crippen LogP contribution in [0, 0.1) is 5.92 Å². The zero-order valence-electron chi connectivity index (χ0n) is 20.0. The van der Waals surface area contributed by atoms with E-state index in [9.17, 15) is 26.7 Å². The highest BCUT2D eigenvalue weighted by Crippen LogP contribution is 2.39. The average Bonchev–Trinajstić information content (AvgIpc) is 2.84. The molecule has 1 aromatic heterocycles. The van der Waals surface area contributed by atoms with Crippen LogP contribution in [0.15, 0.2) is 47.5 Å². The minimum atomic E-state index is -4.81. The Morgan fingerprint density at radius 1 is 1.11 bits per heavy atom. The molecule has 0 amide bonds. The zero-order chi connectivity index (χ0) is 26.1. The fourth-order valence-corrected chi connectivity index (χ4v) is 6.20. The number of benzene rings is 1. The Bertz CT molecular complexity index is 1140. The average molecular weight is 529 g/mol. The van der Waals surface area contributed by atoms with Gasteiger partial charge in [-0.25, -0.2) is 13.4 Å². The first-order valence-corrected chi connectivity index (χ1v) is 13.3. The summed E-state index contributed by atoms with van der Waals surface area (Å²) in [4.78, 5) is 6.02. The van der Waals surface area contributed by atoms with Gasteiger partial charge < -0.3 is 20.5 Å². The van der Waals surface area contributed by atoms with Gasteiger partial charge in [-0.05, 0) is 61.9 Å². The number of pyridine rings is 1. The molecular weight excluding hydrogens is 497 g/mol. The summed E-state index contributed by atoms with van der Waals surface area (Å²) in [6.45, 7) is 2.83. The molecule has 2 aromatic rings. The number of rotatable bonds is 6. The van der Waals surface area contributed by atoms with Crippen molar-refractivity contribution < 1.29 is 31.4 Å². The van der Waals surface area contributed by atoms with Crippen molar-refractivity contribution in [3.05, 3.63) is 48.2 Å². The minimum Gasteiger partial charge on any atom is -0.384 e. The maximum atomic E-state index is 13.3. The number of sulfonamides is 1. The van der Waals surface area contributed by atoms with Crippen LogP contribution in [0.4, 0.5) is 24.7 Å². The largest absolute Gasteiger partial charge is 0.421 e. The number of ether oxygens (including phenoxy) is 1. The van der Waals surface area contributed by atoms with E-state index in [-0.39, 0.29) is 35.4 Å². The Kier molecular flexibility index (Phi) is 7.52. The van der Waals surface area contributed by atoms with E-state index in [1.807, 2.05) is 0 Å². The molecule has 8 nitrogen and oxygen atoms in total. The lowest BCUT2D eigenvalue weighted by Crippen LogP contribution is -2.55. The number of nitrogen functional groups attached to an aromatic ring is 1. The van der Waals surface area contributed by atoms with Crippen molar-refractivity contribution in [1.82, 2.24) is 9.29 Å². The Hall–Kier alpha value is -2.41. The number of hydrogen-bond acceptors (Lipinski definition) is 7. The van der Waals surface area contributed by atoms with Crippen LogP contribution in [0.3, 0.4) is 0 Å². The first-order chi connectivity index (χ1) is 16.9. The standard InChI is InChI=1S/C24H31F3N4O4S/c1-23(32,24(25,26)27)18-2-4-19(5-3-18)31-11-10-30(16-20(31)14-17-8-12-35-13-9-17)36(33,34)21-6-7-22(28)29-15-21/h2-7,15,17,20,32H,8-14,16H2,1H3,(H2,28,29)/t20-,23+/m0/s1. The molecule has 3 heterocycles. The summed E-state index contributed by atoms with van der Waals surface area (Å²) in [6.07, 6.45) is -1.11. The third-order valence-corrected chi connectivity index (χ3v) is 8.95. The van der Waals surface area contributed by atoms with E-state index in [4.69, 9.17) is 10.5 Å². The molecule has 2 atom stereocenters. The number of nitrogens with zero attached hydrogens (tertiary/aromatic N) is 3. The Morgan fingerprint density at radius 2 is 1.78 bits per heavy atom. The van der Waals surface area contributed by atoms with Gasteiger partial charge in [0.05, 0.1) is 0 Å². The number of anilines is 2. The van der Waals surface area contributed by atoms with E-state index in [2.05, 4.69) is 9.88 Å². The fourth-order valence-electron chi connectivity index (χ4n) is 4.79. The molecule has 3 N–H and O–H groups in total. The van der Waals surface area contributed by atoms with Gasteiger partial charge in [-0.2, -0.15) is 17.5 Å². The predicted octanol–water partition coefficient (Wildman–Crippen LogP) is 3.13. The van der Waals surface area contributed by atoms with Gasteiger partial charge in [0.15, 0.2) is 5.60 Å². The molecule has 0 saturated carbocycles. The molecule has 0 spiro atoms. The Balaban J connectivity index is 1.59. The summed E-state index contributed by atoms with van der Waals surface area (Å²) >= 11 is 0. The second-order valence-corrected chi connectivity index (χ2v) is 11.5. The summed E-state index contributed by atoms with van der Waals surface area (Å²) in [5.74, 6) is 0.571. The van der Waals surface area contributed by atoms with Crippen molar-refractivity contribution in [3.63, 3.8) is 0 Å². The second-order valence-electron chi connectivity index (χ2n) is 9.54. The van der Waals surface area contributed by atoms with Gasteiger partial charge in [-0.15, -0.1) is 0 Å². The molecule has 36 heavy (non-hydrogen) atoms. The highest BCUT2D eigenvalue weighted by Gasteiger charge is 2.51. The molecule has 2 fully saturated rings. The lowest BCUT2D eigenvalue weighted by Gasteiger charge is -2.44. The maximum Gasteiger partial charge on any atom is 0.421 e. The van der Waals surface area contributed by atoms with Gasteiger partial charge in [-0.1, -0.05) is 12.1 Å². The fraction of sp³-hybridized carbons (Fsp3) is 0.542. The van der Waals surface area contributed by atoms with E-state index < -0.39 is 21.8 Å². The number of piperazine rings is 1. The summed E-state index contributed by atoms with van der Waals surface area (Å²) in [5, 5.41) is 10.0. The highest BCUT2D eigenvalue weighted by atomic mass is 32.2. The van der Waals surface area contributed by atoms with E-state index in [0.717, 1.165) is 26.2 Å². The first kappa shape index (κ1) is 26.6. The van der Waals surface area contributed by atoms with Crippen LogP contribution >= 0.6 is 0 Å². The van der Waals surface area contributed by atoms with Gasteiger partial charge in [-0.3, -0.25) is 0 Å². The normalized spacial score (nSPS) is 22.4. The molecule has 198 valence electrons. The lowest BCUT2D eigenvalue weighted by atomic mass is 9.90. The number of aromatic nitrogens is 1. The van der Waals surface area contributed by atoms with E-state index in [1.165, 1.54) is 34.8 Å². The number of alkyl halides is 3. The van der Waals surface area contributed by atoms with Crippen molar-refractivity contribution in [2.75, 3.05) is 43.5 Å². The van der Waals surface area contributed by atoms with Crippen molar-refractivity contribution in [1.29, 1.82) is 0 Å². The molecule has 12 heteroatoms. The van der Waals surface area contributed by atoms with Crippen molar-refractivity contribution in [3.8, 4) is 0 Å². The van der Waals surface area contributed by atoms with Gasteiger partial charge in [0.2, 0.25) is 10.0 Å². The maximum absolute atomic E-state index is 13.3. The number of aliphatic hydroxyl groups is 1. The quantitative estimate of drug-likeness (QED) is 0.593. The van der Waals surface area contributed by atoms with E-state index in [0.29, 0.717) is 31.4 Å². The number of halogens is 3. The topological polar surface area (TPSA) is 109 Å². The molecule has 2 aliphatic heterocycles. The molecule has 0 aliphatic carbocycles. The minimum absolute atomic E-state index is 0.0636. The molecule has 2 aliphatic rings. The smallest absolute Gasteiger partial charge is 0.384 e. The van der Waals surface area contributed by atoms with E-state index >= 15 is 0 Å². The van der Waals surface area contributed by atoms with Crippen LogP contribution < -0.4 is 10.6 Å². The van der Waals surface area contributed by atoms with Crippen molar-refractivity contribution in [2.45, 2.75) is 48.9 Å². The number of nitrogens with two attached hydrogens (primary N) is 1.